The summed E-state index contributed by atoms with van der Waals surface area (Å²) in [5.41, 5.74) is 19.6. The number of aromatic hydroxyl groups is 1. The van der Waals surface area contributed by atoms with Crippen molar-refractivity contribution in [3.05, 3.63) is 59.4 Å². The van der Waals surface area contributed by atoms with Gasteiger partial charge in [-0.3, -0.25) is 9.59 Å². The number of amides is 2. The maximum absolute atomic E-state index is 12.8. The van der Waals surface area contributed by atoms with E-state index in [0.717, 1.165) is 0 Å². The predicted molar refractivity (Wildman–Crippen MR) is 164 cm³/mol. The number of benzene rings is 2. The fraction of sp³-hybridized carbons (Fsp3) is 0.185. The molecule has 5 aromatic rings. The number of anilines is 4. The van der Waals surface area contributed by atoms with Gasteiger partial charge >= 0.3 is 5.97 Å². The average molecular weight is 629 g/mol. The van der Waals surface area contributed by atoms with Gasteiger partial charge < -0.3 is 43.4 Å². The summed E-state index contributed by atoms with van der Waals surface area (Å²) in [7, 11) is 0. The molecule has 1 atom stereocenters. The van der Waals surface area contributed by atoms with Gasteiger partial charge in [-0.05, 0) is 54.5 Å². The number of phenolic OH excluding ortho intramolecular Hbond substituents is 1. The third-order valence-corrected chi connectivity index (χ3v) is 6.65. The van der Waals surface area contributed by atoms with Gasteiger partial charge in [0.05, 0.1) is 29.7 Å². The topological polar surface area (TPSA) is 312 Å². The Hall–Kier alpha value is -6.66. The summed E-state index contributed by atoms with van der Waals surface area (Å²) in [6, 6.07) is 7.44. The van der Waals surface area contributed by atoms with Crippen molar-refractivity contribution in [2.24, 2.45) is 0 Å². The number of hydrogen-bond donors (Lipinski definition) is 9. The van der Waals surface area contributed by atoms with Crippen LogP contribution in [0.5, 0.6) is 5.75 Å². The number of carboxylic acids is 1. The second-order valence-electron chi connectivity index (χ2n) is 9.89. The highest BCUT2D eigenvalue weighted by Gasteiger charge is 2.22. The number of carbonyl (C=O) groups is 3. The number of nitrogens with one attached hydrogen (secondary N) is 4. The number of rotatable bonds is 12. The van der Waals surface area contributed by atoms with Crippen LogP contribution in [0.1, 0.15) is 39.3 Å². The van der Waals surface area contributed by atoms with Crippen molar-refractivity contribution in [2.45, 2.75) is 25.4 Å². The first-order valence-corrected chi connectivity index (χ1v) is 13.7. The van der Waals surface area contributed by atoms with Crippen LogP contribution in [-0.2, 0) is 11.3 Å². The van der Waals surface area contributed by atoms with E-state index in [1.807, 2.05) is 0 Å². The summed E-state index contributed by atoms with van der Waals surface area (Å²) in [6.45, 7) is 0.255. The number of aromatic nitrogens is 8. The molecule has 0 saturated heterocycles. The Morgan fingerprint density at radius 1 is 1.00 bits per heavy atom. The van der Waals surface area contributed by atoms with Crippen LogP contribution in [0.25, 0.3) is 22.6 Å². The van der Waals surface area contributed by atoms with Crippen LogP contribution in [0, 0.1) is 0 Å². The average Bonchev–Trinajstić information content (AvgIpc) is 3.57. The number of tetrazole rings is 1. The number of fused-ring (bicyclic) bond motifs is 1. The summed E-state index contributed by atoms with van der Waals surface area (Å²) in [5, 5.41) is 41.9. The van der Waals surface area contributed by atoms with Crippen LogP contribution >= 0.6 is 0 Å². The van der Waals surface area contributed by atoms with E-state index in [1.165, 1.54) is 30.5 Å². The molecule has 0 spiro atoms. The SMILES string of the molecule is Nc1ccc(C(=O)NCCC[C@H](NC(=O)c2ccc(NCc3cnc4nc(N)nc(N)c4n3)c(O)c2)C(=O)O)c(-c2nn[nH]n2)c1. The Balaban J connectivity index is 1.14. The van der Waals surface area contributed by atoms with Gasteiger partial charge in [-0.1, -0.05) is 0 Å². The van der Waals surface area contributed by atoms with Crippen LogP contribution in [0.3, 0.4) is 0 Å². The van der Waals surface area contributed by atoms with Gasteiger partial charge in [-0.15, -0.1) is 10.2 Å². The van der Waals surface area contributed by atoms with E-state index in [-0.39, 0.29) is 77.2 Å². The van der Waals surface area contributed by atoms with Crippen molar-refractivity contribution in [3.8, 4) is 17.1 Å². The third-order valence-electron chi connectivity index (χ3n) is 6.65. The number of nitrogens with two attached hydrogens (primary N) is 3. The van der Waals surface area contributed by atoms with Crippen LogP contribution in [0.2, 0.25) is 0 Å². The third kappa shape index (κ3) is 7.10. The molecule has 3 heterocycles. The van der Waals surface area contributed by atoms with Crippen LogP contribution in [0.15, 0.2) is 42.6 Å². The Morgan fingerprint density at radius 2 is 1.83 bits per heavy atom. The Labute approximate surface area is 259 Å². The number of phenols is 1. The summed E-state index contributed by atoms with van der Waals surface area (Å²) in [4.78, 5) is 53.9. The molecule has 2 aromatic carbocycles. The zero-order valence-electron chi connectivity index (χ0n) is 23.9. The Bertz CT molecular complexity index is 1920. The lowest BCUT2D eigenvalue weighted by Gasteiger charge is -2.16. The molecule has 0 radical (unpaired) electrons. The zero-order chi connectivity index (χ0) is 32.8. The summed E-state index contributed by atoms with van der Waals surface area (Å²) in [6.07, 6.45) is 1.71. The van der Waals surface area contributed by atoms with Gasteiger partial charge in [-0.2, -0.15) is 15.2 Å². The molecule has 46 heavy (non-hydrogen) atoms. The van der Waals surface area contributed by atoms with Crippen LogP contribution < -0.4 is 33.2 Å². The van der Waals surface area contributed by atoms with Crippen LogP contribution in [0.4, 0.5) is 23.1 Å². The summed E-state index contributed by atoms with van der Waals surface area (Å²) >= 11 is 0. The lowest BCUT2D eigenvalue weighted by Crippen LogP contribution is -2.41. The number of nitrogens with zero attached hydrogens (tertiary/aromatic N) is 7. The summed E-state index contributed by atoms with van der Waals surface area (Å²) in [5.74, 6) is -2.43. The second kappa shape index (κ2) is 13.3. The summed E-state index contributed by atoms with van der Waals surface area (Å²) < 4.78 is 0. The Morgan fingerprint density at radius 3 is 2.57 bits per heavy atom. The minimum Gasteiger partial charge on any atom is -0.506 e. The molecule has 19 heteroatoms. The molecule has 0 bridgehead atoms. The molecule has 0 aliphatic carbocycles. The van der Waals surface area contributed by atoms with Gasteiger partial charge in [-0.25, -0.2) is 14.8 Å². The number of nitrogen functional groups attached to an aromatic ring is 3. The minimum atomic E-state index is -1.26. The van der Waals surface area contributed by atoms with Crippen molar-refractivity contribution in [1.82, 2.24) is 51.2 Å². The van der Waals surface area contributed by atoms with E-state index in [9.17, 15) is 24.6 Å². The van der Waals surface area contributed by atoms with E-state index in [4.69, 9.17) is 17.2 Å². The molecule has 19 nitrogen and oxygen atoms in total. The fourth-order valence-electron chi connectivity index (χ4n) is 4.40. The molecule has 3 aromatic heterocycles. The van der Waals surface area contributed by atoms with E-state index in [1.54, 1.807) is 12.1 Å². The molecule has 0 saturated carbocycles. The van der Waals surface area contributed by atoms with Crippen molar-refractivity contribution >= 4 is 52.1 Å². The zero-order valence-corrected chi connectivity index (χ0v) is 23.9. The number of aromatic amines is 1. The van der Waals surface area contributed by atoms with E-state index >= 15 is 0 Å². The number of carbonyl (C=O) groups excluding carboxylic acids is 2. The molecule has 0 aliphatic heterocycles. The highest BCUT2D eigenvalue weighted by Crippen LogP contribution is 2.26. The normalized spacial score (nSPS) is 11.6. The number of H-pyrrole nitrogens is 1. The monoisotopic (exact) mass is 628 g/mol. The molecule has 236 valence electrons. The van der Waals surface area contributed by atoms with Crippen molar-refractivity contribution < 1.29 is 24.6 Å². The first-order valence-electron chi connectivity index (χ1n) is 13.7. The van der Waals surface area contributed by atoms with Crippen molar-refractivity contribution in [1.29, 1.82) is 0 Å². The predicted octanol–water partition coefficient (Wildman–Crippen LogP) is 0.0574. The van der Waals surface area contributed by atoms with Crippen molar-refractivity contribution in [2.75, 3.05) is 29.1 Å². The highest BCUT2D eigenvalue weighted by atomic mass is 16.4. The smallest absolute Gasteiger partial charge is 0.326 e. The molecule has 12 N–H and O–H groups in total. The van der Waals surface area contributed by atoms with Crippen molar-refractivity contribution in [3.63, 3.8) is 0 Å². The largest absolute Gasteiger partial charge is 0.506 e. The molecular weight excluding hydrogens is 600 g/mol. The van der Waals surface area contributed by atoms with Gasteiger partial charge in [0.15, 0.2) is 17.0 Å². The van der Waals surface area contributed by atoms with Gasteiger partial charge in [0.2, 0.25) is 11.8 Å². The first kappa shape index (κ1) is 30.8. The maximum Gasteiger partial charge on any atom is 0.326 e. The van der Waals surface area contributed by atoms with E-state index in [2.05, 4.69) is 56.5 Å². The number of carboxylic acid groups (broad SMARTS) is 1. The molecule has 0 fully saturated rings. The Kier molecular flexibility index (Phi) is 8.92. The number of hydrogen-bond acceptors (Lipinski definition) is 15. The van der Waals surface area contributed by atoms with Gasteiger partial charge in [0, 0.05) is 23.4 Å². The van der Waals surface area contributed by atoms with Crippen LogP contribution in [-0.4, -0.2) is 81.1 Å². The number of aliphatic carboxylic acids is 1. The van der Waals surface area contributed by atoms with E-state index in [0.29, 0.717) is 16.9 Å². The van der Waals surface area contributed by atoms with Gasteiger partial charge in [0.1, 0.15) is 11.8 Å². The van der Waals surface area contributed by atoms with E-state index < -0.39 is 23.8 Å². The second-order valence-corrected chi connectivity index (χ2v) is 9.89. The fourth-order valence-corrected chi connectivity index (χ4v) is 4.40. The lowest BCUT2D eigenvalue weighted by molar-refractivity contribution is -0.139. The maximum atomic E-state index is 12.8. The molecule has 5 rings (SSSR count). The van der Waals surface area contributed by atoms with Gasteiger partial charge in [0.25, 0.3) is 11.8 Å². The molecular formula is C27H28N14O5. The molecule has 2 amide bonds. The molecule has 0 aliphatic rings. The highest BCUT2D eigenvalue weighted by molar-refractivity contribution is 6.00. The minimum absolute atomic E-state index is 0.0152. The molecule has 0 unspecified atom stereocenters. The lowest BCUT2D eigenvalue weighted by atomic mass is 10.0. The standard InChI is InChI=1S/C27H28N14O5/c28-13-4-5-15(16(9-13)22-38-40-41-39-22)25(44)31-7-1-2-18(26(45)46)35-24(43)12-3-6-17(19(42)8-12)32-10-14-11-33-23-20(34-14)21(29)36-27(30)37-23/h3-6,8-9,11,18,32,42H,1-2,7,10,28H2,(H,31,44)(H,35,43)(H,45,46)(H,38,39,40,41)(H4,29,30,33,36,37)/t18-/m0/s1. The first-order chi connectivity index (χ1) is 22.1. The quantitative estimate of drug-likeness (QED) is 0.0501.